The maximum absolute atomic E-state index is 11.8. The fraction of sp³-hybridized carbons (Fsp3) is 0.800. The van der Waals surface area contributed by atoms with E-state index >= 15 is 0 Å². The Morgan fingerprint density at radius 1 is 1.06 bits per heavy atom. The second-order valence-electron chi connectivity index (χ2n) is 4.99. The highest BCUT2D eigenvalue weighted by molar-refractivity contribution is 5.87. The van der Waals surface area contributed by atoms with Gasteiger partial charge < -0.3 is 4.90 Å². The zero-order valence-corrected chi connectivity index (χ0v) is 11.3. The van der Waals surface area contributed by atoms with Gasteiger partial charge in [0.2, 0.25) is 5.91 Å². The Morgan fingerprint density at radius 2 is 1.76 bits per heavy atom. The Balaban J connectivity index is 2.04. The van der Waals surface area contributed by atoms with E-state index in [0.717, 1.165) is 19.5 Å². The molecule has 2 heteroatoms. The first-order valence-electron chi connectivity index (χ1n) is 7.30. The minimum atomic E-state index is 0.221. The molecule has 0 aromatic carbocycles. The molecular formula is C15H27NO. The molecule has 0 aromatic heterocycles. The van der Waals surface area contributed by atoms with E-state index in [0.29, 0.717) is 0 Å². The lowest BCUT2D eigenvalue weighted by Gasteiger charge is -2.25. The minimum absolute atomic E-state index is 0.221. The number of likely N-dealkylation sites (tertiary alicyclic amines) is 1. The van der Waals surface area contributed by atoms with Gasteiger partial charge in [0.15, 0.2) is 0 Å². The van der Waals surface area contributed by atoms with E-state index in [-0.39, 0.29) is 5.91 Å². The van der Waals surface area contributed by atoms with Gasteiger partial charge in [-0.25, -0.2) is 0 Å². The molecule has 1 heterocycles. The third-order valence-corrected chi connectivity index (χ3v) is 3.40. The van der Waals surface area contributed by atoms with Gasteiger partial charge in [-0.3, -0.25) is 4.79 Å². The molecule has 1 aliphatic rings. The van der Waals surface area contributed by atoms with Crippen LogP contribution in [0.1, 0.15) is 64.7 Å². The van der Waals surface area contributed by atoms with Crippen LogP contribution < -0.4 is 0 Å². The van der Waals surface area contributed by atoms with Gasteiger partial charge in [0.1, 0.15) is 0 Å². The molecule has 1 saturated heterocycles. The van der Waals surface area contributed by atoms with Crippen molar-refractivity contribution >= 4 is 5.91 Å². The fourth-order valence-corrected chi connectivity index (χ4v) is 2.27. The van der Waals surface area contributed by atoms with E-state index in [1.54, 1.807) is 6.08 Å². The lowest BCUT2D eigenvalue weighted by atomic mass is 10.1. The van der Waals surface area contributed by atoms with Crippen LogP contribution in [0.15, 0.2) is 12.2 Å². The Morgan fingerprint density at radius 3 is 2.47 bits per heavy atom. The first kappa shape index (κ1) is 14.3. The Bertz CT molecular complexity index is 229. The molecule has 17 heavy (non-hydrogen) atoms. The molecule has 1 aliphatic heterocycles. The van der Waals surface area contributed by atoms with E-state index in [1.807, 2.05) is 4.90 Å². The van der Waals surface area contributed by atoms with Crippen LogP contribution in [0.3, 0.4) is 0 Å². The molecule has 1 rings (SSSR count). The highest BCUT2D eigenvalue weighted by Gasteiger charge is 2.13. The van der Waals surface area contributed by atoms with Crippen molar-refractivity contribution < 1.29 is 4.79 Å². The molecule has 2 nitrogen and oxygen atoms in total. The second-order valence-corrected chi connectivity index (χ2v) is 4.99. The molecule has 0 N–H and O–H groups in total. The van der Waals surface area contributed by atoms with Gasteiger partial charge in [0.05, 0.1) is 0 Å². The molecule has 98 valence electrons. The number of allylic oxidation sites excluding steroid dienone is 1. The highest BCUT2D eigenvalue weighted by Crippen LogP contribution is 2.09. The number of unbranched alkanes of at least 4 members (excludes halogenated alkanes) is 5. The van der Waals surface area contributed by atoms with Crippen LogP contribution >= 0.6 is 0 Å². The van der Waals surface area contributed by atoms with Crippen molar-refractivity contribution in [1.82, 2.24) is 4.90 Å². The van der Waals surface area contributed by atoms with Crippen LogP contribution in [0, 0.1) is 0 Å². The number of rotatable bonds is 7. The van der Waals surface area contributed by atoms with Crippen LogP contribution in [0.2, 0.25) is 0 Å². The SMILES string of the molecule is CCCCCCC/C=C/C(=O)N1CCCCC1. The van der Waals surface area contributed by atoms with Gasteiger partial charge >= 0.3 is 0 Å². The molecule has 0 spiro atoms. The van der Waals surface area contributed by atoms with Crippen molar-refractivity contribution in [2.45, 2.75) is 64.7 Å². The molecule has 0 radical (unpaired) electrons. The molecule has 1 amide bonds. The molecule has 0 aromatic rings. The maximum Gasteiger partial charge on any atom is 0.246 e. The minimum Gasteiger partial charge on any atom is -0.339 e. The summed E-state index contributed by atoms with van der Waals surface area (Å²) in [5.74, 6) is 0.221. The average molecular weight is 237 g/mol. The predicted octanol–water partition coefficient (Wildman–Crippen LogP) is 3.92. The standard InChI is InChI=1S/C15H27NO/c1-2-3-4-5-6-7-9-12-15(17)16-13-10-8-11-14-16/h9,12H,2-8,10-11,13-14H2,1H3/b12-9+. The van der Waals surface area contributed by atoms with Gasteiger partial charge in [-0.05, 0) is 38.2 Å². The first-order valence-corrected chi connectivity index (χ1v) is 7.30. The zero-order valence-electron chi connectivity index (χ0n) is 11.3. The zero-order chi connectivity index (χ0) is 12.3. The summed E-state index contributed by atoms with van der Waals surface area (Å²) in [6.45, 7) is 4.15. The molecule has 0 saturated carbocycles. The predicted molar refractivity (Wildman–Crippen MR) is 72.9 cm³/mol. The second kappa shape index (κ2) is 9.26. The van der Waals surface area contributed by atoms with Crippen LogP contribution in [-0.4, -0.2) is 23.9 Å². The molecular weight excluding hydrogens is 210 g/mol. The summed E-state index contributed by atoms with van der Waals surface area (Å²) in [4.78, 5) is 13.8. The Hall–Kier alpha value is -0.790. The largest absolute Gasteiger partial charge is 0.339 e. The summed E-state index contributed by atoms with van der Waals surface area (Å²) in [6, 6.07) is 0. The van der Waals surface area contributed by atoms with Crippen molar-refractivity contribution in [3.8, 4) is 0 Å². The van der Waals surface area contributed by atoms with Crippen LogP contribution in [0.4, 0.5) is 0 Å². The van der Waals surface area contributed by atoms with E-state index in [9.17, 15) is 4.79 Å². The van der Waals surface area contributed by atoms with Gasteiger partial charge in [-0.15, -0.1) is 0 Å². The topological polar surface area (TPSA) is 20.3 Å². The lowest BCUT2D eigenvalue weighted by molar-refractivity contribution is -0.126. The normalized spacial score (nSPS) is 16.6. The van der Waals surface area contributed by atoms with Crippen molar-refractivity contribution in [2.75, 3.05) is 13.1 Å². The van der Waals surface area contributed by atoms with Gasteiger partial charge in [-0.2, -0.15) is 0 Å². The molecule has 0 aliphatic carbocycles. The number of hydrogen-bond acceptors (Lipinski definition) is 1. The van der Waals surface area contributed by atoms with E-state index in [4.69, 9.17) is 0 Å². The Labute approximate surface area is 106 Å². The van der Waals surface area contributed by atoms with Gasteiger partial charge in [0, 0.05) is 13.1 Å². The smallest absolute Gasteiger partial charge is 0.246 e. The lowest BCUT2D eigenvalue weighted by Crippen LogP contribution is -2.34. The monoisotopic (exact) mass is 237 g/mol. The number of carbonyl (C=O) groups excluding carboxylic acids is 1. The fourth-order valence-electron chi connectivity index (χ4n) is 2.27. The van der Waals surface area contributed by atoms with Crippen LogP contribution in [-0.2, 0) is 4.79 Å². The van der Waals surface area contributed by atoms with E-state index in [2.05, 4.69) is 13.0 Å². The van der Waals surface area contributed by atoms with Crippen molar-refractivity contribution in [3.63, 3.8) is 0 Å². The summed E-state index contributed by atoms with van der Waals surface area (Å²) in [7, 11) is 0. The number of carbonyl (C=O) groups is 1. The van der Waals surface area contributed by atoms with E-state index < -0.39 is 0 Å². The van der Waals surface area contributed by atoms with Crippen LogP contribution in [0.5, 0.6) is 0 Å². The molecule has 0 bridgehead atoms. The van der Waals surface area contributed by atoms with Gasteiger partial charge in [0.25, 0.3) is 0 Å². The summed E-state index contributed by atoms with van der Waals surface area (Å²) < 4.78 is 0. The summed E-state index contributed by atoms with van der Waals surface area (Å²) in [5.41, 5.74) is 0. The average Bonchev–Trinajstić information content (AvgIpc) is 2.38. The summed E-state index contributed by atoms with van der Waals surface area (Å²) in [5, 5.41) is 0. The third kappa shape index (κ3) is 6.50. The molecule has 0 unspecified atom stereocenters. The van der Waals surface area contributed by atoms with E-state index in [1.165, 1.54) is 51.4 Å². The first-order chi connectivity index (χ1) is 8.34. The number of nitrogens with zero attached hydrogens (tertiary/aromatic N) is 1. The van der Waals surface area contributed by atoms with Crippen LogP contribution in [0.25, 0.3) is 0 Å². The maximum atomic E-state index is 11.8. The number of piperidine rings is 1. The molecule has 0 atom stereocenters. The highest BCUT2D eigenvalue weighted by atomic mass is 16.2. The quantitative estimate of drug-likeness (QED) is 0.485. The Kier molecular flexibility index (Phi) is 7.78. The van der Waals surface area contributed by atoms with Crippen molar-refractivity contribution in [1.29, 1.82) is 0 Å². The number of amides is 1. The molecule has 1 fully saturated rings. The van der Waals surface area contributed by atoms with Crippen molar-refractivity contribution in [3.05, 3.63) is 12.2 Å². The third-order valence-electron chi connectivity index (χ3n) is 3.40. The number of hydrogen-bond donors (Lipinski definition) is 0. The van der Waals surface area contributed by atoms with Crippen molar-refractivity contribution in [2.24, 2.45) is 0 Å². The summed E-state index contributed by atoms with van der Waals surface area (Å²) in [6.07, 6.45) is 15.0. The van der Waals surface area contributed by atoms with Gasteiger partial charge in [-0.1, -0.05) is 38.7 Å². The summed E-state index contributed by atoms with van der Waals surface area (Å²) >= 11 is 0.